The molecule has 0 aromatic heterocycles. The molecule has 0 N–H and O–H groups in total. The van der Waals surface area contributed by atoms with E-state index in [4.69, 9.17) is 9.47 Å². The first kappa shape index (κ1) is 15.8. The van der Waals surface area contributed by atoms with Gasteiger partial charge in [0.2, 0.25) is 11.8 Å². The molecule has 0 saturated carbocycles. The largest absolute Gasteiger partial charge is 0.497 e. The van der Waals surface area contributed by atoms with Crippen molar-refractivity contribution in [2.75, 3.05) is 38.3 Å². The summed E-state index contributed by atoms with van der Waals surface area (Å²) in [5, 5.41) is 0. The average Bonchev–Trinajstić information content (AvgIpc) is 3.08. The lowest BCUT2D eigenvalue weighted by Gasteiger charge is -2.40. The summed E-state index contributed by atoms with van der Waals surface area (Å²) < 4.78 is 10.5. The lowest BCUT2D eigenvalue weighted by molar-refractivity contribution is -0.141. The first-order chi connectivity index (χ1) is 11.1. The maximum Gasteiger partial charge on any atom is 0.246 e. The number of benzene rings is 1. The van der Waals surface area contributed by atoms with E-state index in [0.29, 0.717) is 25.5 Å². The molecule has 3 rings (SSSR count). The number of carbonyl (C=O) groups excluding carboxylic acids is 2. The van der Waals surface area contributed by atoms with E-state index in [1.807, 2.05) is 31.2 Å². The first-order valence-electron chi connectivity index (χ1n) is 7.93. The molecule has 2 aliphatic heterocycles. The van der Waals surface area contributed by atoms with E-state index in [2.05, 4.69) is 0 Å². The Morgan fingerprint density at radius 1 is 1.39 bits per heavy atom. The minimum Gasteiger partial charge on any atom is -0.497 e. The van der Waals surface area contributed by atoms with Crippen LogP contribution in [-0.4, -0.2) is 56.2 Å². The Bertz CT molecular complexity index is 598. The maximum atomic E-state index is 12.6. The first-order valence-corrected chi connectivity index (χ1v) is 7.93. The van der Waals surface area contributed by atoms with Crippen LogP contribution in [0.1, 0.15) is 13.3 Å². The lowest BCUT2D eigenvalue weighted by atomic mass is 10.0. The molecule has 1 aromatic rings. The molecule has 1 aromatic carbocycles. The summed E-state index contributed by atoms with van der Waals surface area (Å²) >= 11 is 0. The summed E-state index contributed by atoms with van der Waals surface area (Å²) in [4.78, 5) is 28.5. The predicted molar refractivity (Wildman–Crippen MR) is 85.4 cm³/mol. The molecule has 0 radical (unpaired) electrons. The van der Waals surface area contributed by atoms with Crippen molar-refractivity contribution in [3.8, 4) is 5.75 Å². The molecule has 2 heterocycles. The van der Waals surface area contributed by atoms with E-state index >= 15 is 0 Å². The molecular weight excluding hydrogens is 296 g/mol. The van der Waals surface area contributed by atoms with Crippen molar-refractivity contribution in [1.29, 1.82) is 0 Å². The number of methoxy groups -OCH3 is 1. The second-order valence-electron chi connectivity index (χ2n) is 6.09. The van der Waals surface area contributed by atoms with Gasteiger partial charge in [-0.1, -0.05) is 6.07 Å². The quantitative estimate of drug-likeness (QED) is 0.843. The molecule has 6 nitrogen and oxygen atoms in total. The van der Waals surface area contributed by atoms with Crippen molar-refractivity contribution in [3.63, 3.8) is 0 Å². The maximum absolute atomic E-state index is 12.6. The second kappa shape index (κ2) is 6.58. The Morgan fingerprint density at radius 3 is 2.87 bits per heavy atom. The number of ether oxygens (including phenoxy) is 2. The molecule has 2 aliphatic rings. The van der Waals surface area contributed by atoms with Gasteiger partial charge in [-0.15, -0.1) is 0 Å². The average molecular weight is 318 g/mol. The van der Waals surface area contributed by atoms with E-state index in [1.165, 1.54) is 0 Å². The fraction of sp³-hybridized carbons (Fsp3) is 0.529. The minimum atomic E-state index is -0.0987. The highest BCUT2D eigenvalue weighted by Gasteiger charge is 2.36. The van der Waals surface area contributed by atoms with Crippen LogP contribution in [0.15, 0.2) is 24.3 Å². The minimum absolute atomic E-state index is 0.0352. The molecule has 23 heavy (non-hydrogen) atoms. The lowest BCUT2D eigenvalue weighted by Crippen LogP contribution is -2.58. The van der Waals surface area contributed by atoms with Gasteiger partial charge in [-0.05, 0) is 25.5 Å². The number of nitrogens with zero attached hydrogens (tertiary/aromatic N) is 2. The van der Waals surface area contributed by atoms with Gasteiger partial charge in [0.15, 0.2) is 0 Å². The molecule has 2 atom stereocenters. The Morgan fingerprint density at radius 2 is 2.22 bits per heavy atom. The zero-order valence-electron chi connectivity index (χ0n) is 13.5. The number of hydrogen-bond donors (Lipinski definition) is 0. The molecule has 6 heteroatoms. The fourth-order valence-corrected chi connectivity index (χ4v) is 3.26. The molecule has 2 unspecified atom stereocenters. The Balaban J connectivity index is 1.74. The molecule has 2 saturated heterocycles. The number of piperazine rings is 1. The van der Waals surface area contributed by atoms with Crippen LogP contribution in [0, 0.1) is 5.92 Å². The normalized spacial score (nSPS) is 24.9. The molecule has 0 spiro atoms. The van der Waals surface area contributed by atoms with Gasteiger partial charge in [-0.3, -0.25) is 9.59 Å². The zero-order chi connectivity index (χ0) is 16.4. The van der Waals surface area contributed by atoms with Gasteiger partial charge in [0.25, 0.3) is 0 Å². The summed E-state index contributed by atoms with van der Waals surface area (Å²) in [6.07, 6.45) is 0.748. The van der Waals surface area contributed by atoms with E-state index in [1.54, 1.807) is 16.9 Å². The molecule has 0 bridgehead atoms. The predicted octanol–water partition coefficient (Wildman–Crippen LogP) is 1.30. The SMILES string of the molecule is COc1cccc(N2C(=O)CN(C(=O)C3CCOC3)CC2C)c1. The molecule has 2 fully saturated rings. The van der Waals surface area contributed by atoms with Crippen molar-refractivity contribution in [2.24, 2.45) is 5.92 Å². The highest BCUT2D eigenvalue weighted by molar-refractivity contribution is 5.99. The van der Waals surface area contributed by atoms with Gasteiger partial charge in [0.05, 0.1) is 25.7 Å². The van der Waals surface area contributed by atoms with Crippen LogP contribution in [0.4, 0.5) is 5.69 Å². The van der Waals surface area contributed by atoms with Gasteiger partial charge in [-0.25, -0.2) is 0 Å². The summed E-state index contributed by atoms with van der Waals surface area (Å²) in [6, 6.07) is 7.37. The van der Waals surface area contributed by atoms with E-state index in [-0.39, 0.29) is 30.3 Å². The van der Waals surface area contributed by atoms with Gasteiger partial charge in [0.1, 0.15) is 12.3 Å². The fourth-order valence-electron chi connectivity index (χ4n) is 3.26. The number of hydrogen-bond acceptors (Lipinski definition) is 4. The standard InChI is InChI=1S/C17H22N2O4/c1-12-9-18(17(21)13-6-7-23-11-13)10-16(20)19(12)14-4-3-5-15(8-14)22-2/h3-5,8,12-13H,6-7,9-11H2,1-2H3. The van der Waals surface area contributed by atoms with E-state index in [9.17, 15) is 9.59 Å². The van der Waals surface area contributed by atoms with E-state index in [0.717, 1.165) is 12.1 Å². The topological polar surface area (TPSA) is 59.1 Å². The van der Waals surface area contributed by atoms with Gasteiger partial charge in [0, 0.05) is 24.9 Å². The van der Waals surface area contributed by atoms with Crippen molar-refractivity contribution in [3.05, 3.63) is 24.3 Å². The second-order valence-corrected chi connectivity index (χ2v) is 6.09. The monoisotopic (exact) mass is 318 g/mol. The third-order valence-corrected chi connectivity index (χ3v) is 4.44. The Hall–Kier alpha value is -2.08. The number of anilines is 1. The number of carbonyl (C=O) groups is 2. The Kier molecular flexibility index (Phi) is 4.52. The van der Waals surface area contributed by atoms with Crippen molar-refractivity contribution < 1.29 is 19.1 Å². The molecular formula is C17H22N2O4. The van der Waals surface area contributed by atoms with Crippen LogP contribution in [0.5, 0.6) is 5.75 Å². The van der Waals surface area contributed by atoms with Crippen LogP contribution in [0.2, 0.25) is 0 Å². The van der Waals surface area contributed by atoms with Crippen molar-refractivity contribution >= 4 is 17.5 Å². The Labute approximate surface area is 136 Å². The third kappa shape index (κ3) is 3.17. The highest BCUT2D eigenvalue weighted by atomic mass is 16.5. The summed E-state index contributed by atoms with van der Waals surface area (Å²) in [5.74, 6) is 0.583. The number of amides is 2. The zero-order valence-corrected chi connectivity index (χ0v) is 13.5. The summed E-state index contributed by atoms with van der Waals surface area (Å²) in [6.45, 7) is 3.72. The van der Waals surface area contributed by atoms with Crippen molar-refractivity contribution in [1.82, 2.24) is 4.90 Å². The smallest absolute Gasteiger partial charge is 0.246 e. The molecule has 2 amide bonds. The van der Waals surface area contributed by atoms with Crippen LogP contribution in [-0.2, 0) is 14.3 Å². The van der Waals surface area contributed by atoms with Gasteiger partial charge >= 0.3 is 0 Å². The third-order valence-electron chi connectivity index (χ3n) is 4.44. The van der Waals surface area contributed by atoms with E-state index < -0.39 is 0 Å². The van der Waals surface area contributed by atoms with Gasteiger partial charge in [-0.2, -0.15) is 0 Å². The number of rotatable bonds is 3. The summed E-state index contributed by atoms with van der Waals surface area (Å²) in [7, 11) is 1.60. The van der Waals surface area contributed by atoms with Crippen molar-refractivity contribution in [2.45, 2.75) is 19.4 Å². The van der Waals surface area contributed by atoms with Gasteiger partial charge < -0.3 is 19.3 Å². The van der Waals surface area contributed by atoms with Crippen LogP contribution < -0.4 is 9.64 Å². The van der Waals surface area contributed by atoms with Crippen LogP contribution >= 0.6 is 0 Å². The van der Waals surface area contributed by atoms with Crippen LogP contribution in [0.3, 0.4) is 0 Å². The highest BCUT2D eigenvalue weighted by Crippen LogP contribution is 2.26. The van der Waals surface area contributed by atoms with Crippen LogP contribution in [0.25, 0.3) is 0 Å². The molecule has 124 valence electrons. The summed E-state index contributed by atoms with van der Waals surface area (Å²) in [5.41, 5.74) is 0.804. The molecule has 0 aliphatic carbocycles.